The Hall–Kier alpha value is -2.50. The summed E-state index contributed by atoms with van der Waals surface area (Å²) in [6, 6.07) is 5.76. The third kappa shape index (κ3) is 2.30. The SMILES string of the molecule is CCOc1c(OC)cccc1[C@H]1CC(=O)Nc2n[nH]c(C)c21. The van der Waals surface area contributed by atoms with Crippen LogP contribution in [0.3, 0.4) is 0 Å². The van der Waals surface area contributed by atoms with E-state index in [1.54, 1.807) is 7.11 Å². The molecule has 116 valence electrons. The van der Waals surface area contributed by atoms with Crippen molar-refractivity contribution < 1.29 is 14.3 Å². The average Bonchev–Trinajstić information content (AvgIpc) is 2.88. The molecule has 22 heavy (non-hydrogen) atoms. The van der Waals surface area contributed by atoms with Crippen molar-refractivity contribution in [1.29, 1.82) is 0 Å². The molecule has 2 N–H and O–H groups in total. The van der Waals surface area contributed by atoms with E-state index in [0.717, 1.165) is 16.8 Å². The van der Waals surface area contributed by atoms with Crippen LogP contribution in [0.5, 0.6) is 11.5 Å². The second-order valence-electron chi connectivity index (χ2n) is 5.23. The number of hydrogen-bond acceptors (Lipinski definition) is 4. The zero-order valence-electron chi connectivity index (χ0n) is 12.9. The molecule has 3 rings (SSSR count). The van der Waals surface area contributed by atoms with Crippen LogP contribution in [0.25, 0.3) is 0 Å². The zero-order valence-corrected chi connectivity index (χ0v) is 12.9. The van der Waals surface area contributed by atoms with Gasteiger partial charge in [0.15, 0.2) is 17.3 Å². The second-order valence-corrected chi connectivity index (χ2v) is 5.23. The van der Waals surface area contributed by atoms with Crippen molar-refractivity contribution in [3.63, 3.8) is 0 Å². The molecular formula is C16H19N3O3. The third-order valence-corrected chi connectivity index (χ3v) is 3.88. The molecule has 1 aromatic heterocycles. The number of H-pyrrole nitrogens is 1. The van der Waals surface area contributed by atoms with Crippen LogP contribution < -0.4 is 14.8 Å². The first kappa shape index (κ1) is 14.4. The number of amides is 1. The van der Waals surface area contributed by atoms with Crippen molar-refractivity contribution in [1.82, 2.24) is 10.2 Å². The number of benzene rings is 1. The normalized spacial score (nSPS) is 16.9. The van der Waals surface area contributed by atoms with Crippen molar-refractivity contribution in [2.24, 2.45) is 0 Å². The number of nitrogens with one attached hydrogen (secondary N) is 2. The summed E-state index contributed by atoms with van der Waals surface area (Å²) in [4.78, 5) is 12.0. The number of ether oxygens (including phenoxy) is 2. The first-order valence-corrected chi connectivity index (χ1v) is 7.30. The van der Waals surface area contributed by atoms with E-state index in [2.05, 4.69) is 15.5 Å². The lowest BCUT2D eigenvalue weighted by Crippen LogP contribution is -2.24. The van der Waals surface area contributed by atoms with Gasteiger partial charge in [-0.3, -0.25) is 9.89 Å². The van der Waals surface area contributed by atoms with Gasteiger partial charge in [0.2, 0.25) is 5.91 Å². The van der Waals surface area contributed by atoms with Gasteiger partial charge in [-0.1, -0.05) is 12.1 Å². The van der Waals surface area contributed by atoms with Gasteiger partial charge in [-0.25, -0.2) is 0 Å². The number of anilines is 1. The van der Waals surface area contributed by atoms with Crippen LogP contribution in [0.4, 0.5) is 5.82 Å². The highest BCUT2D eigenvalue weighted by Crippen LogP contribution is 2.44. The monoisotopic (exact) mass is 301 g/mol. The number of rotatable bonds is 4. The van der Waals surface area contributed by atoms with Crippen LogP contribution in [-0.4, -0.2) is 29.8 Å². The average molecular weight is 301 g/mol. The van der Waals surface area contributed by atoms with E-state index >= 15 is 0 Å². The molecule has 1 aliphatic heterocycles. The predicted octanol–water partition coefficient (Wildman–Crippen LogP) is 2.60. The van der Waals surface area contributed by atoms with Crippen LogP contribution in [0.2, 0.25) is 0 Å². The van der Waals surface area contributed by atoms with E-state index in [9.17, 15) is 4.79 Å². The van der Waals surface area contributed by atoms with Gasteiger partial charge in [-0.2, -0.15) is 5.10 Å². The van der Waals surface area contributed by atoms with Crippen molar-refractivity contribution >= 4 is 11.7 Å². The highest BCUT2D eigenvalue weighted by molar-refractivity contribution is 5.94. The molecule has 1 aromatic carbocycles. The summed E-state index contributed by atoms with van der Waals surface area (Å²) < 4.78 is 11.2. The smallest absolute Gasteiger partial charge is 0.226 e. The molecule has 2 heterocycles. The fraction of sp³-hybridized carbons (Fsp3) is 0.375. The van der Waals surface area contributed by atoms with Gasteiger partial charge in [0.25, 0.3) is 0 Å². The van der Waals surface area contributed by atoms with Crippen molar-refractivity contribution in [2.45, 2.75) is 26.2 Å². The molecule has 0 spiro atoms. The largest absolute Gasteiger partial charge is 0.493 e. The first-order chi connectivity index (χ1) is 10.7. The van der Waals surface area contributed by atoms with Crippen LogP contribution >= 0.6 is 0 Å². The number of carbonyl (C=O) groups excluding carboxylic acids is 1. The summed E-state index contributed by atoms with van der Waals surface area (Å²) >= 11 is 0. The summed E-state index contributed by atoms with van der Waals surface area (Å²) in [5.41, 5.74) is 2.90. The molecule has 0 saturated heterocycles. The Bertz CT molecular complexity index is 709. The lowest BCUT2D eigenvalue weighted by Gasteiger charge is -2.25. The molecule has 2 aromatic rings. The Morgan fingerprint density at radius 3 is 2.95 bits per heavy atom. The van der Waals surface area contributed by atoms with Crippen LogP contribution in [0.1, 0.15) is 36.1 Å². The van der Waals surface area contributed by atoms with Crippen LogP contribution in [-0.2, 0) is 4.79 Å². The summed E-state index contributed by atoms with van der Waals surface area (Å²) in [6.07, 6.45) is 0.362. The Labute approximate surface area is 128 Å². The van der Waals surface area contributed by atoms with Crippen LogP contribution in [0.15, 0.2) is 18.2 Å². The molecule has 1 atom stereocenters. The van der Waals surface area contributed by atoms with E-state index in [4.69, 9.17) is 9.47 Å². The second kappa shape index (κ2) is 5.71. The number of aromatic nitrogens is 2. The van der Waals surface area contributed by atoms with Gasteiger partial charge in [0.1, 0.15) is 0 Å². The van der Waals surface area contributed by atoms with Gasteiger partial charge in [-0.15, -0.1) is 0 Å². The van der Waals surface area contributed by atoms with Gasteiger partial charge >= 0.3 is 0 Å². The lowest BCUT2D eigenvalue weighted by molar-refractivity contribution is -0.116. The van der Waals surface area contributed by atoms with E-state index in [0.29, 0.717) is 30.3 Å². The molecule has 0 fully saturated rings. The molecule has 1 amide bonds. The number of methoxy groups -OCH3 is 1. The number of hydrogen-bond donors (Lipinski definition) is 2. The Morgan fingerprint density at radius 1 is 1.41 bits per heavy atom. The Kier molecular flexibility index (Phi) is 3.75. The van der Waals surface area contributed by atoms with Crippen molar-refractivity contribution in [3.05, 3.63) is 35.0 Å². The minimum Gasteiger partial charge on any atom is -0.493 e. The molecule has 1 aliphatic rings. The van der Waals surface area contributed by atoms with Crippen molar-refractivity contribution in [2.75, 3.05) is 19.0 Å². The summed E-state index contributed by atoms with van der Waals surface area (Å²) in [5, 5.41) is 9.92. The highest BCUT2D eigenvalue weighted by atomic mass is 16.5. The van der Waals surface area contributed by atoms with E-state index in [1.165, 1.54) is 0 Å². The summed E-state index contributed by atoms with van der Waals surface area (Å²) in [7, 11) is 1.61. The molecule has 0 bridgehead atoms. The number of fused-ring (bicyclic) bond motifs is 1. The zero-order chi connectivity index (χ0) is 15.7. The highest BCUT2D eigenvalue weighted by Gasteiger charge is 2.32. The third-order valence-electron chi connectivity index (χ3n) is 3.88. The van der Waals surface area contributed by atoms with Gasteiger partial charge in [0, 0.05) is 29.2 Å². The Morgan fingerprint density at radius 2 is 2.23 bits per heavy atom. The number of para-hydroxylation sites is 1. The van der Waals surface area contributed by atoms with Crippen LogP contribution in [0, 0.1) is 6.92 Å². The molecule has 6 nitrogen and oxygen atoms in total. The Balaban J connectivity index is 2.15. The fourth-order valence-corrected chi connectivity index (χ4v) is 2.96. The predicted molar refractivity (Wildman–Crippen MR) is 82.6 cm³/mol. The van der Waals surface area contributed by atoms with E-state index < -0.39 is 0 Å². The standard InChI is InChI=1S/C16H19N3O3/c1-4-22-15-10(6-5-7-12(15)21-3)11-8-13(20)17-16-14(11)9(2)18-19-16/h5-7,11H,4,8H2,1-3H3,(H2,17,18,19,20)/t11-/m1/s1. The maximum absolute atomic E-state index is 12.0. The van der Waals surface area contributed by atoms with Gasteiger partial charge < -0.3 is 14.8 Å². The van der Waals surface area contributed by atoms with E-state index in [1.807, 2.05) is 32.0 Å². The molecule has 0 unspecified atom stereocenters. The van der Waals surface area contributed by atoms with Gasteiger partial charge in [-0.05, 0) is 19.9 Å². The minimum atomic E-state index is -0.0980. The topological polar surface area (TPSA) is 76.2 Å². The maximum atomic E-state index is 12.0. The minimum absolute atomic E-state index is 0.0470. The van der Waals surface area contributed by atoms with Gasteiger partial charge in [0.05, 0.1) is 13.7 Å². The molecule has 6 heteroatoms. The number of nitrogens with zero attached hydrogens (tertiary/aromatic N) is 1. The number of aryl methyl sites for hydroxylation is 1. The molecule has 0 radical (unpaired) electrons. The van der Waals surface area contributed by atoms with Crippen molar-refractivity contribution in [3.8, 4) is 11.5 Å². The molecular weight excluding hydrogens is 282 g/mol. The summed E-state index contributed by atoms with van der Waals surface area (Å²) in [6.45, 7) is 4.42. The number of aromatic amines is 1. The number of carbonyl (C=O) groups is 1. The first-order valence-electron chi connectivity index (χ1n) is 7.30. The molecule has 0 aliphatic carbocycles. The summed E-state index contributed by atoms with van der Waals surface area (Å²) in [5.74, 6) is 1.82. The fourth-order valence-electron chi connectivity index (χ4n) is 2.96. The quantitative estimate of drug-likeness (QED) is 0.910. The molecule has 0 saturated carbocycles. The lowest BCUT2D eigenvalue weighted by atomic mass is 9.85. The van der Waals surface area contributed by atoms with E-state index in [-0.39, 0.29) is 11.8 Å². The maximum Gasteiger partial charge on any atom is 0.226 e.